The van der Waals surface area contributed by atoms with Crippen molar-refractivity contribution in [2.45, 2.75) is 51.0 Å². The van der Waals surface area contributed by atoms with E-state index >= 15 is 0 Å². The number of carbonyl (C=O) groups is 3. The molecule has 2 atom stereocenters. The zero-order valence-electron chi connectivity index (χ0n) is 20.8. The van der Waals surface area contributed by atoms with Crippen LogP contribution in [-0.4, -0.2) is 58.7 Å². The Bertz CT molecular complexity index is 1360. The molecule has 0 radical (unpaired) electrons. The summed E-state index contributed by atoms with van der Waals surface area (Å²) < 4.78 is 7.80. The molecule has 4 heterocycles. The van der Waals surface area contributed by atoms with Gasteiger partial charge in [-0.05, 0) is 42.2 Å². The van der Waals surface area contributed by atoms with Gasteiger partial charge in [-0.2, -0.15) is 0 Å². The molecule has 2 unspecified atom stereocenters. The summed E-state index contributed by atoms with van der Waals surface area (Å²) in [5, 5.41) is 1.05. The van der Waals surface area contributed by atoms with Crippen LogP contribution in [0.1, 0.15) is 58.8 Å². The van der Waals surface area contributed by atoms with Crippen LogP contribution in [0, 0.1) is 0 Å². The van der Waals surface area contributed by atoms with Crippen LogP contribution >= 0.6 is 0 Å². The predicted molar refractivity (Wildman–Crippen MR) is 136 cm³/mol. The number of para-hydroxylation sites is 1. The second-order valence-electron chi connectivity index (χ2n) is 9.97. The van der Waals surface area contributed by atoms with Crippen LogP contribution in [0.5, 0.6) is 0 Å². The average molecular weight is 503 g/mol. The Kier molecular flexibility index (Phi) is 6.18. The molecule has 0 aliphatic carbocycles. The molecule has 4 amide bonds. The van der Waals surface area contributed by atoms with Crippen molar-refractivity contribution < 1.29 is 24.0 Å². The van der Waals surface area contributed by atoms with E-state index in [1.54, 1.807) is 24.1 Å². The summed E-state index contributed by atoms with van der Waals surface area (Å²) in [6.45, 7) is 2.08. The maximum absolute atomic E-state index is 13.0. The quantitative estimate of drug-likeness (QED) is 0.537. The summed E-state index contributed by atoms with van der Waals surface area (Å²) in [7, 11) is 1.56. The molecule has 3 aromatic rings. The summed E-state index contributed by atoms with van der Waals surface area (Å²) in [5.41, 5.74) is 7.06. The van der Waals surface area contributed by atoms with Crippen molar-refractivity contribution in [3.63, 3.8) is 0 Å². The second-order valence-corrected chi connectivity index (χ2v) is 9.97. The number of urea groups is 1. The summed E-state index contributed by atoms with van der Waals surface area (Å²) in [5.74, 6) is -0.831. The summed E-state index contributed by atoms with van der Waals surface area (Å²) in [6, 6.07) is 15.2. The molecule has 3 aliphatic rings. The van der Waals surface area contributed by atoms with E-state index in [9.17, 15) is 14.4 Å². The molecule has 9 heteroatoms. The minimum atomic E-state index is -0.410. The molecule has 3 aliphatic heterocycles. The average Bonchev–Trinajstić information content (AvgIpc) is 3.06. The van der Waals surface area contributed by atoms with E-state index in [-0.39, 0.29) is 23.8 Å². The lowest BCUT2D eigenvalue weighted by Gasteiger charge is -2.41. The molecular formula is C28H30N4O5. The molecule has 0 saturated carbocycles. The van der Waals surface area contributed by atoms with Gasteiger partial charge in [0.25, 0.3) is 5.91 Å². The van der Waals surface area contributed by atoms with Crippen molar-refractivity contribution in [1.82, 2.24) is 19.8 Å². The number of hydrogen-bond acceptors (Lipinski definition) is 5. The third kappa shape index (κ3) is 4.28. The molecule has 2 saturated heterocycles. The van der Waals surface area contributed by atoms with Gasteiger partial charge in [-0.25, -0.2) is 15.1 Å². The molecule has 6 rings (SSSR count). The Labute approximate surface area is 214 Å². The number of benzene rings is 2. The van der Waals surface area contributed by atoms with E-state index in [0.717, 1.165) is 53.4 Å². The van der Waals surface area contributed by atoms with Gasteiger partial charge in [0.05, 0.1) is 12.5 Å². The number of nitrogens with one attached hydrogen (secondary N) is 1. The molecule has 192 valence electrons. The van der Waals surface area contributed by atoms with Gasteiger partial charge in [0.2, 0.25) is 5.91 Å². The minimum Gasteiger partial charge on any atom is -0.350 e. The fraction of sp³-hybridized carbons (Fsp3) is 0.393. The van der Waals surface area contributed by atoms with E-state index in [1.807, 2.05) is 24.3 Å². The lowest BCUT2D eigenvalue weighted by Crippen LogP contribution is -2.56. The highest BCUT2D eigenvalue weighted by Crippen LogP contribution is 2.40. The first-order valence-corrected chi connectivity index (χ1v) is 12.8. The standard InChI is InChI=1S/C28H30N4O5/c1-30-27(34)21-16-31(28(30)35)17-23-25(21)20-7-4-5-8-22(20)32(23)15-18-10-12-19(13-11-18)26(33)29-37-24-9-3-2-6-14-36-24/h4-5,7-8,10-13,21,24H,2-3,6,9,14-17H2,1H3,(H,29,33). The Morgan fingerprint density at radius 2 is 1.89 bits per heavy atom. The number of amides is 4. The Balaban J connectivity index is 1.23. The number of carbonyl (C=O) groups excluding carboxylic acids is 3. The first-order valence-electron chi connectivity index (χ1n) is 12.8. The number of imide groups is 1. The highest BCUT2D eigenvalue weighted by Gasteiger charge is 2.44. The molecule has 2 aromatic carbocycles. The SMILES string of the molecule is CN1C(=O)C2CN(Cc3c2c2ccccc2n3Cc2ccc(C(=O)NOC3CCCCCO3)cc2)C1=O. The van der Waals surface area contributed by atoms with Gasteiger partial charge in [-0.15, -0.1) is 0 Å². The van der Waals surface area contributed by atoms with Gasteiger partial charge in [-0.3, -0.25) is 14.5 Å². The van der Waals surface area contributed by atoms with Gasteiger partial charge < -0.3 is 14.2 Å². The van der Waals surface area contributed by atoms with Crippen LogP contribution in [0.25, 0.3) is 10.9 Å². The first kappa shape index (κ1) is 23.7. The second kappa shape index (κ2) is 9.64. The molecule has 2 bridgehead atoms. The van der Waals surface area contributed by atoms with Gasteiger partial charge >= 0.3 is 6.03 Å². The summed E-state index contributed by atoms with van der Waals surface area (Å²) in [6.07, 6.45) is 3.49. The Hall–Kier alpha value is -3.69. The fourth-order valence-electron chi connectivity index (χ4n) is 5.67. The predicted octanol–water partition coefficient (Wildman–Crippen LogP) is 3.76. The normalized spacial score (nSPS) is 21.6. The topological polar surface area (TPSA) is 93.1 Å². The lowest BCUT2D eigenvalue weighted by atomic mass is 9.89. The number of hydroxylamine groups is 1. The minimum absolute atomic E-state index is 0.156. The van der Waals surface area contributed by atoms with Gasteiger partial charge in [0.15, 0.2) is 6.29 Å². The van der Waals surface area contributed by atoms with Crippen LogP contribution in [0.2, 0.25) is 0 Å². The molecule has 37 heavy (non-hydrogen) atoms. The summed E-state index contributed by atoms with van der Waals surface area (Å²) >= 11 is 0. The number of likely N-dealkylation sites (N-methyl/N-ethyl adjacent to an activating group) is 1. The van der Waals surface area contributed by atoms with Crippen LogP contribution in [0.15, 0.2) is 48.5 Å². The third-order valence-electron chi connectivity index (χ3n) is 7.63. The van der Waals surface area contributed by atoms with Gasteiger partial charge in [-0.1, -0.05) is 36.8 Å². The van der Waals surface area contributed by atoms with Crippen molar-refractivity contribution in [2.75, 3.05) is 20.2 Å². The van der Waals surface area contributed by atoms with Crippen LogP contribution in [0.3, 0.4) is 0 Å². The maximum atomic E-state index is 13.0. The highest BCUT2D eigenvalue weighted by atomic mass is 16.8. The van der Waals surface area contributed by atoms with Crippen LogP contribution in [-0.2, 0) is 27.5 Å². The highest BCUT2D eigenvalue weighted by molar-refractivity contribution is 6.04. The largest absolute Gasteiger partial charge is 0.350 e. The molecular weight excluding hydrogens is 472 g/mol. The van der Waals surface area contributed by atoms with Crippen molar-refractivity contribution in [3.05, 3.63) is 70.9 Å². The molecule has 0 spiro atoms. The van der Waals surface area contributed by atoms with Crippen molar-refractivity contribution >= 4 is 28.7 Å². The number of rotatable bonds is 5. The number of aromatic nitrogens is 1. The van der Waals surface area contributed by atoms with Crippen LogP contribution in [0.4, 0.5) is 4.79 Å². The van der Waals surface area contributed by atoms with Crippen LogP contribution < -0.4 is 5.48 Å². The zero-order valence-corrected chi connectivity index (χ0v) is 20.8. The zero-order chi connectivity index (χ0) is 25.5. The van der Waals surface area contributed by atoms with Crippen molar-refractivity contribution in [1.29, 1.82) is 0 Å². The monoisotopic (exact) mass is 502 g/mol. The van der Waals surface area contributed by atoms with Gasteiger partial charge in [0.1, 0.15) is 0 Å². The van der Waals surface area contributed by atoms with E-state index in [1.165, 1.54) is 4.90 Å². The van der Waals surface area contributed by atoms with E-state index in [4.69, 9.17) is 9.57 Å². The lowest BCUT2D eigenvalue weighted by molar-refractivity contribution is -0.167. The first-order chi connectivity index (χ1) is 18.0. The number of fused-ring (bicyclic) bond motifs is 6. The molecule has 9 nitrogen and oxygen atoms in total. The third-order valence-corrected chi connectivity index (χ3v) is 7.63. The number of hydrogen-bond donors (Lipinski definition) is 1. The number of nitrogens with zero attached hydrogens (tertiary/aromatic N) is 3. The fourth-order valence-corrected chi connectivity index (χ4v) is 5.67. The van der Waals surface area contributed by atoms with Crippen molar-refractivity contribution in [2.24, 2.45) is 0 Å². The molecule has 2 fully saturated rings. The van der Waals surface area contributed by atoms with E-state index in [2.05, 4.69) is 22.2 Å². The summed E-state index contributed by atoms with van der Waals surface area (Å²) in [4.78, 5) is 46.7. The Morgan fingerprint density at radius 1 is 1.08 bits per heavy atom. The molecule has 1 aromatic heterocycles. The Morgan fingerprint density at radius 3 is 2.73 bits per heavy atom. The molecule has 1 N–H and O–H groups in total. The van der Waals surface area contributed by atoms with E-state index < -0.39 is 6.29 Å². The maximum Gasteiger partial charge on any atom is 0.326 e. The van der Waals surface area contributed by atoms with Gasteiger partial charge in [0, 0.05) is 55.3 Å². The smallest absolute Gasteiger partial charge is 0.326 e. The van der Waals surface area contributed by atoms with E-state index in [0.29, 0.717) is 31.8 Å². The number of ether oxygens (including phenoxy) is 1. The van der Waals surface area contributed by atoms with Crippen molar-refractivity contribution in [3.8, 4) is 0 Å².